The quantitative estimate of drug-likeness (QED) is 0.382. The number of hydrogen-bond acceptors (Lipinski definition) is 8. The lowest BCUT2D eigenvalue weighted by Gasteiger charge is -2.34. The molecule has 0 fully saturated rings. The molecule has 0 saturated carbocycles. The summed E-state index contributed by atoms with van der Waals surface area (Å²) < 4.78 is 17.8. The molecule has 9 nitrogen and oxygen atoms in total. The highest BCUT2D eigenvalue weighted by Gasteiger charge is 2.48. The number of benzene rings is 2. The largest absolute Gasteiger partial charge is 0.464 e. The van der Waals surface area contributed by atoms with Gasteiger partial charge in [0.25, 0.3) is 6.23 Å². The summed E-state index contributed by atoms with van der Waals surface area (Å²) in [5, 5.41) is 4.97. The van der Waals surface area contributed by atoms with Gasteiger partial charge in [-0.3, -0.25) is 14.4 Å². The first-order chi connectivity index (χ1) is 16.2. The Bertz CT molecular complexity index is 1120. The number of nitrogens with zero attached hydrogens (tertiary/aromatic N) is 3. The lowest BCUT2D eigenvalue weighted by atomic mass is 9.77. The first kappa shape index (κ1) is 25.2. The number of Topliss-reactive ketones (excluding diaryl/α,β-unsaturated/α-hetero) is 1. The van der Waals surface area contributed by atoms with Crippen LogP contribution in [0, 0.1) is 0 Å². The number of carbonyl (C=O) groups excluding carboxylic acids is 3. The van der Waals surface area contributed by atoms with Crippen LogP contribution in [-0.4, -0.2) is 45.7 Å². The molecule has 11 heteroatoms. The van der Waals surface area contributed by atoms with Crippen molar-refractivity contribution in [3.05, 3.63) is 76.8 Å². The zero-order valence-corrected chi connectivity index (χ0v) is 19.8. The summed E-state index contributed by atoms with van der Waals surface area (Å²) in [6.45, 7) is 1.57. The van der Waals surface area contributed by atoms with Gasteiger partial charge in [-0.25, -0.2) is 9.67 Å². The van der Waals surface area contributed by atoms with Gasteiger partial charge in [-0.05, 0) is 42.0 Å². The number of hydrogen-bond donors (Lipinski definition) is 0. The van der Waals surface area contributed by atoms with E-state index in [9.17, 15) is 14.4 Å². The highest BCUT2D eigenvalue weighted by Crippen LogP contribution is 2.34. The molecule has 1 heterocycles. The molecule has 1 aromatic heterocycles. The Hall–Kier alpha value is -3.43. The molecule has 3 rings (SSSR count). The molecule has 178 valence electrons. The molecule has 1 unspecified atom stereocenters. The van der Waals surface area contributed by atoms with Crippen LogP contribution in [0.3, 0.4) is 0 Å². The molecule has 34 heavy (non-hydrogen) atoms. The van der Waals surface area contributed by atoms with Gasteiger partial charge in [0.2, 0.25) is 5.78 Å². The number of carbonyl (C=O) groups is 3. The first-order valence-corrected chi connectivity index (χ1v) is 10.8. The van der Waals surface area contributed by atoms with Gasteiger partial charge in [0.15, 0.2) is 0 Å². The average molecular weight is 506 g/mol. The van der Waals surface area contributed by atoms with E-state index in [-0.39, 0.29) is 0 Å². The van der Waals surface area contributed by atoms with Gasteiger partial charge in [0.1, 0.15) is 37.0 Å². The third-order valence-corrected chi connectivity index (χ3v) is 5.38. The van der Waals surface area contributed by atoms with E-state index >= 15 is 0 Å². The van der Waals surface area contributed by atoms with Gasteiger partial charge in [0.05, 0.1) is 0 Å². The fraction of sp³-hybridized carbons (Fsp3) is 0.261. The second-order valence-electron chi connectivity index (χ2n) is 7.31. The molecule has 0 aliphatic heterocycles. The lowest BCUT2D eigenvalue weighted by Crippen LogP contribution is -2.50. The van der Waals surface area contributed by atoms with Crippen molar-refractivity contribution in [3.8, 4) is 5.75 Å². The zero-order valence-electron chi connectivity index (χ0n) is 18.3. The predicted octanol–water partition coefficient (Wildman–Crippen LogP) is 3.80. The summed E-state index contributed by atoms with van der Waals surface area (Å²) in [6, 6.07) is 12.7. The van der Waals surface area contributed by atoms with Gasteiger partial charge < -0.3 is 14.2 Å². The molecular weight excluding hydrogens is 485 g/mol. The van der Waals surface area contributed by atoms with Crippen LogP contribution in [0.25, 0.3) is 0 Å². The van der Waals surface area contributed by atoms with Gasteiger partial charge in [-0.2, -0.15) is 5.10 Å². The summed E-state index contributed by atoms with van der Waals surface area (Å²) in [6.07, 6.45) is 1.20. The SMILES string of the molecule is CC(=O)OCC(COC(C)=O)(C(=O)C(Oc1ccc(Cl)cc1)n1cncn1)c1ccc(Cl)cc1. The molecule has 0 amide bonds. The number of aromatic nitrogens is 3. The van der Waals surface area contributed by atoms with E-state index in [1.807, 2.05) is 0 Å². The van der Waals surface area contributed by atoms with Crippen molar-refractivity contribution in [1.29, 1.82) is 0 Å². The van der Waals surface area contributed by atoms with Crippen LogP contribution >= 0.6 is 23.2 Å². The normalized spacial score (nSPS) is 12.0. The Morgan fingerprint density at radius 3 is 1.91 bits per heavy atom. The number of esters is 2. The van der Waals surface area contributed by atoms with Gasteiger partial charge in [-0.1, -0.05) is 35.3 Å². The number of ketones is 1. The zero-order chi connectivity index (χ0) is 24.7. The van der Waals surface area contributed by atoms with Gasteiger partial charge in [0, 0.05) is 23.9 Å². The fourth-order valence-corrected chi connectivity index (χ4v) is 3.41. The van der Waals surface area contributed by atoms with E-state index in [0.29, 0.717) is 21.4 Å². The fourth-order valence-electron chi connectivity index (χ4n) is 3.16. The van der Waals surface area contributed by atoms with E-state index in [1.54, 1.807) is 48.5 Å². The van der Waals surface area contributed by atoms with E-state index < -0.39 is 42.6 Å². The molecule has 0 bridgehead atoms. The Labute approximate surface area is 205 Å². The third kappa shape index (κ3) is 6.12. The number of rotatable bonds is 10. The predicted molar refractivity (Wildman–Crippen MR) is 123 cm³/mol. The van der Waals surface area contributed by atoms with Gasteiger partial charge in [-0.15, -0.1) is 0 Å². The molecule has 0 radical (unpaired) electrons. The number of ether oxygens (including phenoxy) is 3. The monoisotopic (exact) mass is 505 g/mol. The van der Waals surface area contributed by atoms with Crippen LogP contribution in [0.5, 0.6) is 5.75 Å². The van der Waals surface area contributed by atoms with E-state index in [2.05, 4.69) is 10.1 Å². The maximum absolute atomic E-state index is 14.2. The minimum absolute atomic E-state index is 0.322. The Morgan fingerprint density at radius 1 is 0.912 bits per heavy atom. The summed E-state index contributed by atoms with van der Waals surface area (Å²) in [4.78, 5) is 41.5. The minimum Gasteiger partial charge on any atom is -0.464 e. The Kier molecular flexibility index (Phi) is 8.25. The molecular formula is C23H21Cl2N3O6. The summed E-state index contributed by atoms with van der Waals surface area (Å²) in [5.74, 6) is -1.52. The van der Waals surface area contributed by atoms with Crippen molar-refractivity contribution in [2.24, 2.45) is 0 Å². The van der Waals surface area contributed by atoms with Crippen molar-refractivity contribution in [2.45, 2.75) is 25.5 Å². The van der Waals surface area contributed by atoms with E-state index in [1.165, 1.54) is 31.2 Å². The van der Waals surface area contributed by atoms with Crippen LogP contribution in [0.1, 0.15) is 25.6 Å². The average Bonchev–Trinajstić information content (AvgIpc) is 3.34. The highest BCUT2D eigenvalue weighted by molar-refractivity contribution is 6.30. The minimum atomic E-state index is -1.65. The van der Waals surface area contributed by atoms with Crippen molar-refractivity contribution < 1.29 is 28.6 Å². The van der Waals surface area contributed by atoms with Crippen molar-refractivity contribution in [1.82, 2.24) is 14.8 Å². The lowest BCUT2D eigenvalue weighted by molar-refractivity contribution is -0.154. The Balaban J connectivity index is 2.13. The first-order valence-electron chi connectivity index (χ1n) is 10.0. The smallest absolute Gasteiger partial charge is 0.302 e. The molecule has 1 atom stereocenters. The standard InChI is InChI=1S/C23H21Cl2N3O6/c1-15(29)32-11-23(12-33-16(2)30,17-3-5-18(24)6-4-17)21(31)22(28-14-26-13-27-28)34-20-9-7-19(25)8-10-20/h3-10,13-14,22H,11-12H2,1-2H3. The molecule has 2 aromatic carbocycles. The van der Waals surface area contributed by atoms with Crippen LogP contribution in [0.4, 0.5) is 0 Å². The van der Waals surface area contributed by atoms with Crippen molar-refractivity contribution in [3.63, 3.8) is 0 Å². The van der Waals surface area contributed by atoms with E-state index in [4.69, 9.17) is 37.4 Å². The van der Waals surface area contributed by atoms with Crippen molar-refractivity contribution >= 4 is 40.9 Å². The second kappa shape index (κ2) is 11.1. The molecule has 0 N–H and O–H groups in total. The maximum Gasteiger partial charge on any atom is 0.302 e. The topological polar surface area (TPSA) is 110 Å². The van der Waals surface area contributed by atoms with Crippen LogP contribution < -0.4 is 4.74 Å². The van der Waals surface area contributed by atoms with E-state index in [0.717, 1.165) is 0 Å². The van der Waals surface area contributed by atoms with Crippen LogP contribution in [0.15, 0.2) is 61.2 Å². The van der Waals surface area contributed by atoms with Crippen LogP contribution in [0.2, 0.25) is 10.0 Å². The summed E-state index contributed by atoms with van der Waals surface area (Å²) in [5.41, 5.74) is -1.25. The molecule has 0 spiro atoms. The Morgan fingerprint density at radius 2 is 1.44 bits per heavy atom. The molecule has 0 aliphatic carbocycles. The maximum atomic E-state index is 14.2. The number of halogens is 2. The summed E-state index contributed by atoms with van der Waals surface area (Å²) in [7, 11) is 0. The molecule has 3 aromatic rings. The molecule has 0 aliphatic rings. The highest BCUT2D eigenvalue weighted by atomic mass is 35.5. The van der Waals surface area contributed by atoms with Crippen LogP contribution in [-0.2, 0) is 29.3 Å². The third-order valence-electron chi connectivity index (χ3n) is 4.87. The van der Waals surface area contributed by atoms with Gasteiger partial charge >= 0.3 is 11.9 Å². The second-order valence-corrected chi connectivity index (χ2v) is 8.19. The van der Waals surface area contributed by atoms with Crippen molar-refractivity contribution in [2.75, 3.05) is 13.2 Å². The molecule has 0 saturated heterocycles. The summed E-state index contributed by atoms with van der Waals surface area (Å²) >= 11 is 12.0.